The number of aliphatic hydroxyl groups excluding tert-OH is 1. The average molecular weight is 426 g/mol. The summed E-state index contributed by atoms with van der Waals surface area (Å²) >= 11 is 0. The minimum atomic E-state index is -0.503. The van der Waals surface area contributed by atoms with Gasteiger partial charge < -0.3 is 20.7 Å². The predicted octanol–water partition coefficient (Wildman–Crippen LogP) is 2.96. The normalized spacial score (nSPS) is 21.2. The summed E-state index contributed by atoms with van der Waals surface area (Å²) < 4.78 is 0. The highest BCUT2D eigenvalue weighted by Crippen LogP contribution is 2.27. The molecule has 1 aliphatic heterocycles. The van der Waals surface area contributed by atoms with Crippen molar-refractivity contribution in [1.29, 1.82) is 5.41 Å². The minimum Gasteiger partial charge on any atom is -0.512 e. The van der Waals surface area contributed by atoms with Crippen LogP contribution in [0, 0.1) is 25.2 Å². The molecule has 0 aromatic carbocycles. The molecule has 0 spiro atoms. The second-order valence-corrected chi connectivity index (χ2v) is 8.31. The fraction of sp³-hybridized carbons (Fsp3) is 0.478. The van der Waals surface area contributed by atoms with Gasteiger partial charge in [-0.25, -0.2) is 0 Å². The number of allylic oxidation sites excluding steroid dienone is 4. The van der Waals surface area contributed by atoms with Crippen LogP contribution in [0.3, 0.4) is 0 Å². The van der Waals surface area contributed by atoms with E-state index in [1.807, 2.05) is 13.8 Å². The van der Waals surface area contributed by atoms with Gasteiger partial charge in [-0.2, -0.15) is 5.10 Å². The Bertz CT molecular complexity index is 937. The zero-order valence-corrected chi connectivity index (χ0v) is 18.4. The second kappa shape index (κ2) is 9.76. The molecule has 0 radical (unpaired) electrons. The summed E-state index contributed by atoms with van der Waals surface area (Å²) in [5, 5.41) is 27.4. The van der Waals surface area contributed by atoms with E-state index in [0.717, 1.165) is 35.4 Å². The first-order valence-corrected chi connectivity index (χ1v) is 10.7. The van der Waals surface area contributed by atoms with Crippen molar-refractivity contribution in [3.05, 3.63) is 47.0 Å². The van der Waals surface area contributed by atoms with Crippen LogP contribution in [-0.4, -0.2) is 56.9 Å². The molecule has 0 bridgehead atoms. The maximum atomic E-state index is 12.7. The van der Waals surface area contributed by atoms with E-state index in [4.69, 9.17) is 5.41 Å². The van der Waals surface area contributed by atoms with Gasteiger partial charge in [0.25, 0.3) is 0 Å². The van der Waals surface area contributed by atoms with Crippen molar-refractivity contribution in [3.8, 4) is 0 Å². The van der Waals surface area contributed by atoms with Gasteiger partial charge in [0.2, 0.25) is 11.8 Å². The lowest BCUT2D eigenvalue weighted by atomic mass is 9.92. The van der Waals surface area contributed by atoms with Crippen LogP contribution in [0.5, 0.6) is 0 Å². The Labute approximate surface area is 182 Å². The van der Waals surface area contributed by atoms with E-state index in [1.54, 1.807) is 0 Å². The number of aromatic nitrogens is 2. The van der Waals surface area contributed by atoms with E-state index < -0.39 is 6.04 Å². The largest absolute Gasteiger partial charge is 0.512 e. The summed E-state index contributed by atoms with van der Waals surface area (Å²) in [5.74, 6) is -0.388. The van der Waals surface area contributed by atoms with Crippen LogP contribution in [0.25, 0.3) is 5.57 Å². The molecule has 1 saturated heterocycles. The van der Waals surface area contributed by atoms with Crippen LogP contribution >= 0.6 is 0 Å². The molecule has 1 aromatic heterocycles. The molecule has 3 rings (SSSR count). The average Bonchev–Trinajstić information content (AvgIpc) is 3.33. The number of carbonyl (C=O) groups excluding carboxylic acids is 2. The monoisotopic (exact) mass is 425 g/mol. The van der Waals surface area contributed by atoms with Gasteiger partial charge in [0.1, 0.15) is 11.8 Å². The van der Waals surface area contributed by atoms with Gasteiger partial charge in [-0.3, -0.25) is 14.7 Å². The zero-order valence-electron chi connectivity index (χ0n) is 18.4. The number of amides is 2. The number of aryl methyl sites for hydroxylation is 2. The van der Waals surface area contributed by atoms with Crippen molar-refractivity contribution >= 4 is 23.1 Å². The lowest BCUT2D eigenvalue weighted by molar-refractivity contribution is -0.138. The first kappa shape index (κ1) is 22.5. The van der Waals surface area contributed by atoms with Gasteiger partial charge in [-0.15, -0.1) is 0 Å². The first-order chi connectivity index (χ1) is 14.8. The van der Waals surface area contributed by atoms with Crippen LogP contribution in [0.15, 0.2) is 30.1 Å². The Morgan fingerprint density at radius 1 is 1.42 bits per heavy atom. The molecule has 1 aliphatic carbocycles. The van der Waals surface area contributed by atoms with Gasteiger partial charge in [-0.1, -0.05) is 18.2 Å². The van der Waals surface area contributed by atoms with E-state index in [2.05, 4.69) is 33.7 Å². The quantitative estimate of drug-likeness (QED) is 0.396. The maximum Gasteiger partial charge on any atom is 0.242 e. The van der Waals surface area contributed by atoms with Crippen molar-refractivity contribution < 1.29 is 14.7 Å². The number of rotatable bonds is 7. The summed E-state index contributed by atoms with van der Waals surface area (Å²) in [6, 6.07) is -0.503. The number of aliphatic hydroxyl groups is 1. The summed E-state index contributed by atoms with van der Waals surface area (Å²) in [5.41, 5.74) is 4.48. The molecule has 8 nitrogen and oxygen atoms in total. The van der Waals surface area contributed by atoms with E-state index in [9.17, 15) is 14.7 Å². The predicted molar refractivity (Wildman–Crippen MR) is 120 cm³/mol. The highest BCUT2D eigenvalue weighted by molar-refractivity contribution is 5.92. The Morgan fingerprint density at radius 3 is 2.81 bits per heavy atom. The van der Waals surface area contributed by atoms with Crippen molar-refractivity contribution in [3.63, 3.8) is 0 Å². The molecule has 2 aliphatic rings. The van der Waals surface area contributed by atoms with E-state index >= 15 is 0 Å². The number of H-pyrrole nitrogens is 1. The fourth-order valence-electron chi connectivity index (χ4n) is 4.22. The topological polar surface area (TPSA) is 122 Å². The Morgan fingerprint density at radius 2 is 2.19 bits per heavy atom. The lowest BCUT2D eigenvalue weighted by Crippen LogP contribution is -2.47. The number of likely N-dealkylation sites (tertiary alicyclic amines) is 1. The smallest absolute Gasteiger partial charge is 0.242 e. The number of aromatic amines is 1. The number of nitrogens with one attached hydrogen (secondary N) is 3. The molecule has 4 N–H and O–H groups in total. The van der Waals surface area contributed by atoms with Crippen molar-refractivity contribution in [2.24, 2.45) is 5.92 Å². The van der Waals surface area contributed by atoms with Gasteiger partial charge in [-0.05, 0) is 57.6 Å². The van der Waals surface area contributed by atoms with Gasteiger partial charge >= 0.3 is 0 Å². The molecule has 1 fully saturated rings. The highest BCUT2D eigenvalue weighted by atomic mass is 16.3. The summed E-state index contributed by atoms with van der Waals surface area (Å²) in [7, 11) is 0. The molecule has 2 heterocycles. The zero-order chi connectivity index (χ0) is 22.5. The molecule has 2 amide bonds. The third kappa shape index (κ3) is 5.51. The minimum absolute atomic E-state index is 0.151. The van der Waals surface area contributed by atoms with Crippen molar-refractivity contribution in [2.45, 2.75) is 52.5 Å². The van der Waals surface area contributed by atoms with Crippen LogP contribution in [-0.2, 0) is 9.59 Å². The van der Waals surface area contributed by atoms with E-state index in [1.165, 1.54) is 17.9 Å². The summed E-state index contributed by atoms with van der Waals surface area (Å²) in [4.78, 5) is 26.8. The number of hydrogen-bond acceptors (Lipinski definition) is 5. The van der Waals surface area contributed by atoms with E-state index in [0.29, 0.717) is 19.5 Å². The maximum absolute atomic E-state index is 12.7. The number of hydrogen-bond donors (Lipinski definition) is 4. The highest BCUT2D eigenvalue weighted by Gasteiger charge is 2.34. The molecule has 1 unspecified atom stereocenters. The molecule has 166 valence electrons. The molecule has 8 heteroatoms. The third-order valence-electron chi connectivity index (χ3n) is 5.73. The fourth-order valence-corrected chi connectivity index (χ4v) is 4.22. The third-order valence-corrected chi connectivity index (χ3v) is 5.73. The number of carbonyl (C=O) groups is 2. The number of nitrogens with zero attached hydrogens (tertiary/aromatic N) is 2. The van der Waals surface area contributed by atoms with Crippen molar-refractivity contribution in [2.75, 3.05) is 13.1 Å². The Kier molecular flexibility index (Phi) is 7.09. The lowest BCUT2D eigenvalue weighted by Gasteiger charge is -2.25. The Hall–Kier alpha value is -3.16. The van der Waals surface area contributed by atoms with Crippen LogP contribution < -0.4 is 5.32 Å². The van der Waals surface area contributed by atoms with Gasteiger partial charge in [0, 0.05) is 30.1 Å². The van der Waals surface area contributed by atoms with E-state index in [-0.39, 0.29) is 35.6 Å². The van der Waals surface area contributed by atoms with Crippen LogP contribution in [0.4, 0.5) is 0 Å². The molecule has 0 saturated carbocycles. The van der Waals surface area contributed by atoms with Crippen molar-refractivity contribution in [1.82, 2.24) is 20.4 Å². The molecular weight excluding hydrogens is 394 g/mol. The molecular formula is C23H31N5O3. The standard InChI is InChI=1S/C23H31N5O3/c1-14(24)11-19(29)12-21(30)28-10-4-5-20(28)23(31)25-13-17-6-8-18(9-7-17)22-15(2)26-27-16(22)3/h6,8-9,11,17,20,24,29H,4-5,7,10,12-13H2,1-3H3,(H,25,31)(H,26,27)/b19-11-,24-14?/t17?,20-/m0/s1. The van der Waals surface area contributed by atoms with Crippen LogP contribution in [0.2, 0.25) is 0 Å². The van der Waals surface area contributed by atoms with Crippen LogP contribution in [0.1, 0.15) is 49.6 Å². The first-order valence-electron chi connectivity index (χ1n) is 10.7. The second-order valence-electron chi connectivity index (χ2n) is 8.31. The molecule has 2 atom stereocenters. The summed E-state index contributed by atoms with van der Waals surface area (Å²) in [6.07, 6.45) is 9.64. The summed E-state index contributed by atoms with van der Waals surface area (Å²) in [6.45, 7) is 6.54. The molecule has 1 aromatic rings. The SMILES string of the molecule is CC(=N)/C=C(\O)CC(=O)N1CCC[C@H]1C(=O)NCC1C=CC(c2c(C)n[nH]c2C)=CC1. The Balaban J connectivity index is 1.52. The van der Waals surface area contributed by atoms with Gasteiger partial charge in [0.05, 0.1) is 12.1 Å². The van der Waals surface area contributed by atoms with Gasteiger partial charge in [0.15, 0.2) is 0 Å². The molecule has 31 heavy (non-hydrogen) atoms.